The Kier molecular flexibility index (Phi) is 6.09. The molecule has 3 N–H and O–H groups in total. The van der Waals surface area contributed by atoms with Crippen LogP contribution in [0.2, 0.25) is 0 Å². The highest BCUT2D eigenvalue weighted by atomic mass is 19.3. The minimum Gasteiger partial charge on any atom is -0.443 e. The van der Waals surface area contributed by atoms with Crippen molar-refractivity contribution in [1.82, 2.24) is 29.5 Å². The fourth-order valence-electron chi connectivity index (χ4n) is 3.58. The first-order valence-electron chi connectivity index (χ1n) is 10.4. The lowest BCUT2D eigenvalue weighted by Crippen LogP contribution is -2.28. The van der Waals surface area contributed by atoms with E-state index < -0.39 is 18.6 Å². The number of rotatable bonds is 8. The van der Waals surface area contributed by atoms with Crippen molar-refractivity contribution in [2.45, 2.75) is 45.9 Å². The summed E-state index contributed by atoms with van der Waals surface area (Å²) in [4.78, 5) is 14.5. The number of aryl methyl sites for hydroxylation is 1. The van der Waals surface area contributed by atoms with E-state index in [0.717, 1.165) is 11.1 Å². The first-order valence-corrected chi connectivity index (χ1v) is 10.4. The molecule has 0 amide bonds. The summed E-state index contributed by atoms with van der Waals surface area (Å²) >= 11 is 0. The van der Waals surface area contributed by atoms with E-state index in [2.05, 4.69) is 20.1 Å². The van der Waals surface area contributed by atoms with E-state index in [0.29, 0.717) is 28.6 Å². The predicted molar refractivity (Wildman–Crippen MR) is 117 cm³/mol. The van der Waals surface area contributed by atoms with Crippen molar-refractivity contribution in [3.8, 4) is 11.6 Å². The number of hydrogen-bond acceptors (Lipinski definition) is 8. The van der Waals surface area contributed by atoms with Gasteiger partial charge in [-0.15, -0.1) is 5.10 Å². The number of halogens is 2. The smallest absolute Gasteiger partial charge is 0.251 e. The Hall–Kier alpha value is -3.44. The number of nitrogens with zero attached hydrogens (tertiary/aromatic N) is 6. The molecule has 0 aliphatic heterocycles. The fourth-order valence-corrected chi connectivity index (χ4v) is 3.58. The van der Waals surface area contributed by atoms with Crippen LogP contribution in [-0.4, -0.2) is 47.5 Å². The Morgan fingerprint density at radius 1 is 1.18 bits per heavy atom. The second-order valence-electron chi connectivity index (χ2n) is 8.36. The minimum atomic E-state index is -2.53. The van der Waals surface area contributed by atoms with Crippen molar-refractivity contribution in [2.24, 2.45) is 0 Å². The first-order chi connectivity index (χ1) is 15.6. The molecule has 1 aromatic carbocycles. The predicted octanol–water partition coefficient (Wildman–Crippen LogP) is 3.16. The molecule has 0 aliphatic carbocycles. The maximum absolute atomic E-state index is 13.3. The van der Waals surface area contributed by atoms with E-state index in [-0.39, 0.29) is 19.0 Å². The number of hydrogen-bond donors (Lipinski definition) is 2. The highest BCUT2D eigenvalue weighted by Crippen LogP contribution is 2.25. The Balaban J connectivity index is 1.60. The van der Waals surface area contributed by atoms with E-state index >= 15 is 0 Å². The van der Waals surface area contributed by atoms with Gasteiger partial charge in [-0.25, -0.2) is 23.7 Å². The third-order valence-corrected chi connectivity index (χ3v) is 5.25. The van der Waals surface area contributed by atoms with E-state index in [4.69, 9.17) is 10.2 Å². The molecule has 0 saturated heterocycles. The molecule has 33 heavy (non-hydrogen) atoms. The highest BCUT2D eigenvalue weighted by Gasteiger charge is 2.21. The van der Waals surface area contributed by atoms with Gasteiger partial charge in [0, 0.05) is 12.1 Å². The van der Waals surface area contributed by atoms with Gasteiger partial charge in [0.05, 0.1) is 24.9 Å². The molecule has 0 atom stereocenters. The number of nitrogen functional groups attached to an aromatic ring is 1. The third-order valence-electron chi connectivity index (χ3n) is 5.25. The van der Waals surface area contributed by atoms with Crippen molar-refractivity contribution >= 4 is 11.6 Å². The van der Waals surface area contributed by atoms with Gasteiger partial charge in [0.2, 0.25) is 11.8 Å². The summed E-state index contributed by atoms with van der Waals surface area (Å²) in [6, 6.07) is 7.22. The lowest BCUT2D eigenvalue weighted by Gasteiger charge is -2.22. The first kappa shape index (κ1) is 22.7. The van der Waals surface area contributed by atoms with Crippen LogP contribution in [0, 0.1) is 6.92 Å². The molecule has 0 bridgehead atoms. The average Bonchev–Trinajstić information content (AvgIpc) is 3.40. The summed E-state index contributed by atoms with van der Waals surface area (Å²) in [7, 11) is 0. The molecule has 0 radical (unpaired) electrons. The van der Waals surface area contributed by atoms with E-state index in [1.165, 1.54) is 17.0 Å². The zero-order chi connectivity index (χ0) is 23.8. The molecule has 4 rings (SSSR count). The molecule has 3 heterocycles. The Morgan fingerprint density at radius 2 is 1.91 bits per heavy atom. The summed E-state index contributed by atoms with van der Waals surface area (Å²) in [6.07, 6.45) is 0.410. The van der Waals surface area contributed by atoms with Crippen LogP contribution < -0.4 is 5.73 Å². The molecule has 11 heteroatoms. The lowest BCUT2D eigenvalue weighted by molar-refractivity contribution is 0.0781. The SMILES string of the molecule is Cc1c(-c2ncco2)nc(N)n2nc(CN(Cc3ccc(C(C)(C)O)cc3)CC(F)F)nc12. The number of alkyl halides is 2. The average molecular weight is 457 g/mol. The second kappa shape index (κ2) is 8.83. The van der Waals surface area contributed by atoms with Crippen LogP contribution in [0.4, 0.5) is 14.7 Å². The summed E-state index contributed by atoms with van der Waals surface area (Å²) in [5, 5.41) is 14.5. The van der Waals surface area contributed by atoms with Crippen LogP contribution in [0.15, 0.2) is 41.1 Å². The molecule has 9 nitrogen and oxygen atoms in total. The maximum atomic E-state index is 13.3. The van der Waals surface area contributed by atoms with Crippen molar-refractivity contribution in [2.75, 3.05) is 12.3 Å². The number of aliphatic hydroxyl groups is 1. The van der Waals surface area contributed by atoms with Gasteiger partial charge in [-0.1, -0.05) is 24.3 Å². The van der Waals surface area contributed by atoms with Gasteiger partial charge in [0.1, 0.15) is 12.0 Å². The van der Waals surface area contributed by atoms with Crippen LogP contribution in [0.5, 0.6) is 0 Å². The van der Waals surface area contributed by atoms with Gasteiger partial charge in [-0.05, 0) is 31.9 Å². The maximum Gasteiger partial charge on any atom is 0.251 e. The largest absolute Gasteiger partial charge is 0.443 e. The number of anilines is 1. The van der Waals surface area contributed by atoms with Crippen LogP contribution in [-0.2, 0) is 18.7 Å². The van der Waals surface area contributed by atoms with E-state index in [9.17, 15) is 13.9 Å². The molecule has 0 saturated carbocycles. The quantitative estimate of drug-likeness (QED) is 0.414. The van der Waals surface area contributed by atoms with Crippen LogP contribution in [0.3, 0.4) is 0 Å². The Morgan fingerprint density at radius 3 is 2.52 bits per heavy atom. The van der Waals surface area contributed by atoms with Crippen molar-refractivity contribution < 1.29 is 18.3 Å². The second-order valence-corrected chi connectivity index (χ2v) is 8.36. The van der Waals surface area contributed by atoms with Gasteiger partial charge < -0.3 is 15.3 Å². The van der Waals surface area contributed by atoms with Gasteiger partial charge >= 0.3 is 0 Å². The van der Waals surface area contributed by atoms with Gasteiger partial charge in [-0.3, -0.25) is 4.90 Å². The third kappa shape index (κ3) is 4.99. The molecule has 3 aromatic heterocycles. The van der Waals surface area contributed by atoms with E-state index in [1.807, 2.05) is 12.1 Å². The number of oxazole rings is 1. The molecule has 0 aliphatic rings. The van der Waals surface area contributed by atoms with Crippen LogP contribution in [0.25, 0.3) is 17.2 Å². The highest BCUT2D eigenvalue weighted by molar-refractivity contribution is 5.65. The molecule has 174 valence electrons. The summed E-state index contributed by atoms with van der Waals surface area (Å²) in [5.41, 5.74) is 8.22. The van der Waals surface area contributed by atoms with Crippen molar-refractivity contribution in [3.05, 3.63) is 59.2 Å². The fraction of sp³-hybridized carbons (Fsp3) is 0.364. The van der Waals surface area contributed by atoms with Crippen molar-refractivity contribution in [3.63, 3.8) is 0 Å². The standard InChI is InChI=1S/C22H25F2N7O2/c1-13-18(20-26-8-9-33-20)28-21(25)31-19(13)27-17(29-31)12-30(11-16(23)24)10-14-4-6-15(7-5-14)22(2,3)32/h4-9,16,32H,10-12H2,1-3H3,(H2,25,28). The van der Waals surface area contributed by atoms with Crippen molar-refractivity contribution in [1.29, 1.82) is 0 Å². The molecule has 0 unspecified atom stereocenters. The normalized spacial score (nSPS) is 12.4. The molecular weight excluding hydrogens is 432 g/mol. The molecule has 0 spiro atoms. The van der Waals surface area contributed by atoms with Gasteiger partial charge in [-0.2, -0.15) is 4.52 Å². The topological polar surface area (TPSA) is 119 Å². The van der Waals surface area contributed by atoms with Crippen LogP contribution in [0.1, 0.15) is 36.4 Å². The monoisotopic (exact) mass is 457 g/mol. The summed E-state index contributed by atoms with van der Waals surface area (Å²) in [6.45, 7) is 5.08. The van der Waals surface area contributed by atoms with E-state index in [1.54, 1.807) is 37.8 Å². The zero-order valence-electron chi connectivity index (χ0n) is 18.5. The minimum absolute atomic E-state index is 0.0881. The lowest BCUT2D eigenvalue weighted by atomic mass is 9.97. The van der Waals surface area contributed by atoms with Crippen LogP contribution >= 0.6 is 0 Å². The Bertz CT molecular complexity index is 1230. The number of benzene rings is 1. The zero-order valence-corrected chi connectivity index (χ0v) is 18.5. The number of nitrogens with two attached hydrogens (primary N) is 1. The summed E-state index contributed by atoms with van der Waals surface area (Å²) < 4.78 is 33.3. The Labute approximate surface area is 188 Å². The number of fused-ring (bicyclic) bond motifs is 1. The molecular formula is C22H25F2N7O2. The molecule has 4 aromatic rings. The van der Waals surface area contributed by atoms with Gasteiger partial charge in [0.25, 0.3) is 6.43 Å². The molecule has 0 fully saturated rings. The number of aromatic nitrogens is 5. The van der Waals surface area contributed by atoms with Gasteiger partial charge in [0.15, 0.2) is 11.5 Å². The summed E-state index contributed by atoms with van der Waals surface area (Å²) in [5.74, 6) is 0.732.